The number of aryl methyl sites for hydroxylation is 2. The third-order valence-electron chi connectivity index (χ3n) is 4.86. The van der Waals surface area contributed by atoms with Gasteiger partial charge in [0.1, 0.15) is 5.75 Å². The van der Waals surface area contributed by atoms with Gasteiger partial charge in [0, 0.05) is 24.5 Å². The van der Waals surface area contributed by atoms with E-state index in [2.05, 4.69) is 15.3 Å². The van der Waals surface area contributed by atoms with E-state index >= 15 is 0 Å². The molecule has 3 aromatic rings. The monoisotopic (exact) mass is 479 g/mol. The van der Waals surface area contributed by atoms with E-state index in [0.717, 1.165) is 11.4 Å². The van der Waals surface area contributed by atoms with Crippen LogP contribution in [-0.2, 0) is 14.8 Å². The van der Waals surface area contributed by atoms with E-state index in [4.69, 9.17) is 15.3 Å². The lowest BCUT2D eigenvalue weighted by Gasteiger charge is -2.26. The zero-order valence-corrected chi connectivity index (χ0v) is 19.5. The van der Waals surface area contributed by atoms with Crippen LogP contribution in [0.5, 0.6) is 5.75 Å². The van der Waals surface area contributed by atoms with Crippen LogP contribution < -0.4 is 10.6 Å². The van der Waals surface area contributed by atoms with Gasteiger partial charge < -0.3 is 15.3 Å². The predicted molar refractivity (Wildman–Crippen MR) is 119 cm³/mol. The molecule has 0 radical (unpaired) electrons. The Hall–Kier alpha value is -2.61. The molecule has 1 saturated heterocycles. The SMILES string of the molecule is Cc1cc(C)n(-c2nnc(SCCOc3ccc(S(=O)(=O)N4CCOCC4)cc3)n2N)n1. The van der Waals surface area contributed by atoms with Crippen molar-refractivity contribution in [2.45, 2.75) is 23.9 Å². The average molecular weight is 480 g/mol. The van der Waals surface area contributed by atoms with Gasteiger partial charge in [-0.1, -0.05) is 11.8 Å². The Morgan fingerprint density at radius 3 is 2.53 bits per heavy atom. The van der Waals surface area contributed by atoms with Crippen LogP contribution in [0.1, 0.15) is 11.4 Å². The van der Waals surface area contributed by atoms with Gasteiger partial charge in [-0.2, -0.15) is 9.40 Å². The topological polar surface area (TPSA) is 130 Å². The third-order valence-corrected chi connectivity index (χ3v) is 7.68. The lowest BCUT2D eigenvalue weighted by molar-refractivity contribution is 0.0730. The van der Waals surface area contributed by atoms with Crippen LogP contribution in [0.3, 0.4) is 0 Å². The van der Waals surface area contributed by atoms with Crippen LogP contribution in [0.4, 0.5) is 0 Å². The summed E-state index contributed by atoms with van der Waals surface area (Å²) in [6.45, 7) is 5.78. The number of nitrogen functional groups attached to an aromatic ring is 1. The minimum atomic E-state index is -3.51. The van der Waals surface area contributed by atoms with Crippen molar-refractivity contribution >= 4 is 21.8 Å². The van der Waals surface area contributed by atoms with Gasteiger partial charge >= 0.3 is 0 Å². The number of nitrogens with zero attached hydrogens (tertiary/aromatic N) is 6. The van der Waals surface area contributed by atoms with Crippen molar-refractivity contribution in [2.75, 3.05) is 44.5 Å². The second-order valence-electron chi connectivity index (χ2n) is 7.18. The first kappa shape index (κ1) is 22.6. The van der Waals surface area contributed by atoms with Crippen LogP contribution in [-0.4, -0.2) is 76.0 Å². The van der Waals surface area contributed by atoms with Gasteiger partial charge in [-0.15, -0.1) is 10.2 Å². The third kappa shape index (κ3) is 4.75. The second-order valence-corrected chi connectivity index (χ2v) is 10.2. The summed E-state index contributed by atoms with van der Waals surface area (Å²) in [5.41, 5.74) is 1.79. The predicted octanol–water partition coefficient (Wildman–Crippen LogP) is 0.986. The summed E-state index contributed by atoms with van der Waals surface area (Å²) in [7, 11) is -3.51. The zero-order chi connectivity index (χ0) is 22.7. The molecule has 4 rings (SSSR count). The average Bonchev–Trinajstić information content (AvgIpc) is 3.32. The number of morpholine rings is 1. The highest BCUT2D eigenvalue weighted by atomic mass is 32.2. The largest absolute Gasteiger partial charge is 0.493 e. The van der Waals surface area contributed by atoms with E-state index < -0.39 is 10.0 Å². The Bertz CT molecular complexity index is 1170. The molecule has 1 fully saturated rings. The van der Waals surface area contributed by atoms with Gasteiger partial charge in [0.2, 0.25) is 15.2 Å². The molecule has 1 aliphatic heterocycles. The molecule has 32 heavy (non-hydrogen) atoms. The highest BCUT2D eigenvalue weighted by Crippen LogP contribution is 2.22. The fourth-order valence-electron chi connectivity index (χ4n) is 3.28. The lowest BCUT2D eigenvalue weighted by Crippen LogP contribution is -2.40. The molecule has 0 saturated carbocycles. The first-order valence-corrected chi connectivity index (χ1v) is 12.5. The van der Waals surface area contributed by atoms with Gasteiger partial charge in [-0.25, -0.2) is 17.8 Å². The molecule has 0 aliphatic carbocycles. The van der Waals surface area contributed by atoms with Crippen LogP contribution in [0, 0.1) is 13.8 Å². The number of aromatic nitrogens is 5. The maximum atomic E-state index is 12.7. The molecule has 2 N–H and O–H groups in total. The van der Waals surface area contributed by atoms with E-state index in [1.54, 1.807) is 28.9 Å². The lowest BCUT2D eigenvalue weighted by atomic mass is 10.3. The molecule has 0 amide bonds. The molecule has 1 aromatic carbocycles. The number of hydrogen-bond donors (Lipinski definition) is 1. The maximum absolute atomic E-state index is 12.7. The molecule has 13 heteroatoms. The summed E-state index contributed by atoms with van der Waals surface area (Å²) in [5, 5.41) is 13.2. The molecule has 0 spiro atoms. The van der Waals surface area contributed by atoms with E-state index in [9.17, 15) is 8.42 Å². The van der Waals surface area contributed by atoms with E-state index in [1.165, 1.54) is 20.7 Å². The van der Waals surface area contributed by atoms with Crippen molar-refractivity contribution in [3.63, 3.8) is 0 Å². The zero-order valence-electron chi connectivity index (χ0n) is 17.8. The Morgan fingerprint density at radius 1 is 1.16 bits per heavy atom. The number of benzene rings is 1. The highest BCUT2D eigenvalue weighted by molar-refractivity contribution is 7.99. The first-order chi connectivity index (χ1) is 15.4. The maximum Gasteiger partial charge on any atom is 0.271 e. The fourth-order valence-corrected chi connectivity index (χ4v) is 5.36. The molecule has 2 aromatic heterocycles. The number of nitrogens with two attached hydrogens (primary N) is 1. The molecular formula is C19H25N7O4S2. The van der Waals surface area contributed by atoms with Gasteiger partial charge in [-0.3, -0.25) is 0 Å². The highest BCUT2D eigenvalue weighted by Gasteiger charge is 2.26. The van der Waals surface area contributed by atoms with Crippen LogP contribution in [0.25, 0.3) is 5.95 Å². The number of ether oxygens (including phenoxy) is 2. The Kier molecular flexibility index (Phi) is 6.69. The number of sulfonamides is 1. The van der Waals surface area contributed by atoms with Gasteiger partial charge in [0.25, 0.3) is 5.95 Å². The Morgan fingerprint density at radius 2 is 1.88 bits per heavy atom. The Balaban J connectivity index is 1.30. The molecule has 172 valence electrons. The second kappa shape index (κ2) is 9.48. The van der Waals surface area contributed by atoms with E-state index in [1.807, 2.05) is 19.9 Å². The van der Waals surface area contributed by atoms with Crippen molar-refractivity contribution in [1.29, 1.82) is 0 Å². The summed E-state index contributed by atoms with van der Waals surface area (Å²) in [4.78, 5) is 0.244. The van der Waals surface area contributed by atoms with Crippen molar-refractivity contribution in [1.82, 2.24) is 29.0 Å². The molecule has 0 atom stereocenters. The molecule has 0 unspecified atom stereocenters. The van der Waals surface area contributed by atoms with Crippen LogP contribution in [0.2, 0.25) is 0 Å². The van der Waals surface area contributed by atoms with Gasteiger partial charge in [0.15, 0.2) is 0 Å². The summed E-state index contributed by atoms with van der Waals surface area (Å²) < 4.78 is 40.8. The normalized spacial score (nSPS) is 15.2. The molecule has 0 bridgehead atoms. The smallest absolute Gasteiger partial charge is 0.271 e. The van der Waals surface area contributed by atoms with Crippen molar-refractivity contribution in [3.8, 4) is 11.7 Å². The summed E-state index contributed by atoms with van der Waals surface area (Å²) in [6, 6.07) is 8.37. The Labute approximate surface area is 190 Å². The molecule has 11 nitrogen and oxygen atoms in total. The quantitative estimate of drug-likeness (QED) is 0.285. The summed E-state index contributed by atoms with van der Waals surface area (Å²) in [5.74, 6) is 7.74. The minimum absolute atomic E-state index is 0.244. The van der Waals surface area contributed by atoms with Crippen LogP contribution in [0.15, 0.2) is 40.4 Å². The van der Waals surface area contributed by atoms with Crippen molar-refractivity contribution in [3.05, 3.63) is 41.7 Å². The van der Waals surface area contributed by atoms with Crippen LogP contribution >= 0.6 is 11.8 Å². The first-order valence-electron chi connectivity index (χ1n) is 10.0. The summed E-state index contributed by atoms with van der Waals surface area (Å²) >= 11 is 1.40. The summed E-state index contributed by atoms with van der Waals surface area (Å²) in [6.07, 6.45) is 0. The van der Waals surface area contributed by atoms with Gasteiger partial charge in [-0.05, 0) is 44.2 Å². The number of rotatable bonds is 8. The number of thioether (sulfide) groups is 1. The van der Waals surface area contributed by atoms with E-state index in [-0.39, 0.29) is 4.90 Å². The van der Waals surface area contributed by atoms with Crippen molar-refractivity contribution < 1.29 is 17.9 Å². The fraction of sp³-hybridized carbons (Fsp3) is 0.421. The molecule has 3 heterocycles. The molecular weight excluding hydrogens is 454 g/mol. The number of hydrogen-bond acceptors (Lipinski definition) is 9. The molecule has 1 aliphatic rings. The van der Waals surface area contributed by atoms with Crippen molar-refractivity contribution in [2.24, 2.45) is 0 Å². The minimum Gasteiger partial charge on any atom is -0.493 e. The van der Waals surface area contributed by atoms with E-state index in [0.29, 0.717) is 55.5 Å². The standard InChI is InChI=1S/C19H25N7O4S2/c1-14-13-15(2)26(23-14)18-21-22-19(25(18)20)31-12-11-30-16-3-5-17(6-4-16)32(27,28)24-7-9-29-10-8-24/h3-6,13H,7-12,20H2,1-2H3. The van der Waals surface area contributed by atoms with Gasteiger partial charge in [0.05, 0.1) is 30.4 Å².